The summed E-state index contributed by atoms with van der Waals surface area (Å²) in [6, 6.07) is 5.93. The lowest BCUT2D eigenvalue weighted by Gasteiger charge is -2.39. The largest absolute Gasteiger partial charge is 0.508 e. The number of anilines is 1. The van der Waals surface area contributed by atoms with Crippen molar-refractivity contribution in [1.29, 1.82) is 0 Å². The number of carbonyl (C=O) groups is 1. The first-order valence-electron chi connectivity index (χ1n) is 13.8. The van der Waals surface area contributed by atoms with E-state index in [0.717, 1.165) is 25.7 Å². The van der Waals surface area contributed by atoms with Crippen LogP contribution in [0.1, 0.15) is 70.2 Å². The molecule has 1 aliphatic heterocycles. The van der Waals surface area contributed by atoms with Gasteiger partial charge >= 0.3 is 0 Å². The third-order valence-corrected chi connectivity index (χ3v) is 8.63. The second-order valence-corrected chi connectivity index (χ2v) is 11.3. The number of aromatic hydroxyl groups is 1. The van der Waals surface area contributed by atoms with Gasteiger partial charge in [-0.1, -0.05) is 26.8 Å². The molecule has 6 nitrogen and oxygen atoms in total. The number of pyridine rings is 1. The van der Waals surface area contributed by atoms with Gasteiger partial charge in [0.2, 0.25) is 0 Å². The molecule has 39 heavy (non-hydrogen) atoms. The van der Waals surface area contributed by atoms with E-state index in [0.29, 0.717) is 70.6 Å². The number of carbonyl (C=O) groups excluding carboxylic acids is 1. The number of Topliss-reactive ketones (excluding diaryl/α,β-unsaturated/α-hetero) is 1. The molecule has 0 unspecified atom stereocenters. The Morgan fingerprint density at radius 1 is 1.10 bits per heavy atom. The maximum absolute atomic E-state index is 16.4. The van der Waals surface area contributed by atoms with Crippen LogP contribution < -0.4 is 4.90 Å². The quantitative estimate of drug-likeness (QED) is 0.311. The molecule has 2 aromatic carbocycles. The molecule has 2 aromatic heterocycles. The number of aromatic nitrogens is 3. The zero-order valence-corrected chi connectivity index (χ0v) is 22.5. The maximum Gasteiger partial charge on any atom is 0.175 e. The van der Waals surface area contributed by atoms with Crippen molar-refractivity contribution in [2.75, 3.05) is 18.0 Å². The standard InChI is InChI=1S/C31H32F2N4O2/c1-4-20-23(32)8-7-18-14-19(38)15-21(25(18)20)27-26(33)28-22(16-34-27)30(36-29(35-28)17(2)3)37-12-10-31(11-13-37)9-5-6-24(31)39/h7-8,14-17,38H,4-6,9-13H2,1-3H3. The molecule has 4 aromatic rings. The van der Waals surface area contributed by atoms with E-state index < -0.39 is 5.82 Å². The molecule has 1 aliphatic carbocycles. The van der Waals surface area contributed by atoms with Crippen LogP contribution in [0.2, 0.25) is 0 Å². The number of phenolic OH excluding ortho intramolecular Hbond substituents is 1. The highest BCUT2D eigenvalue weighted by atomic mass is 19.1. The van der Waals surface area contributed by atoms with Crippen molar-refractivity contribution >= 4 is 33.3 Å². The first kappa shape index (κ1) is 25.6. The molecule has 0 radical (unpaired) electrons. The molecule has 0 amide bonds. The molecular weight excluding hydrogens is 498 g/mol. The Balaban J connectivity index is 1.52. The molecule has 2 fully saturated rings. The van der Waals surface area contributed by atoms with Gasteiger partial charge in [-0.25, -0.2) is 18.7 Å². The molecule has 1 saturated carbocycles. The van der Waals surface area contributed by atoms with Gasteiger partial charge in [-0.05, 0) is 66.6 Å². The van der Waals surface area contributed by atoms with Gasteiger partial charge in [-0.2, -0.15) is 0 Å². The molecule has 2 aliphatic rings. The third-order valence-electron chi connectivity index (χ3n) is 8.63. The van der Waals surface area contributed by atoms with Gasteiger partial charge in [0.1, 0.15) is 40.2 Å². The summed E-state index contributed by atoms with van der Waals surface area (Å²) in [6.07, 6.45) is 6.08. The molecule has 8 heteroatoms. The lowest BCUT2D eigenvalue weighted by atomic mass is 9.76. The lowest BCUT2D eigenvalue weighted by molar-refractivity contribution is -0.126. The number of hydrogen-bond donors (Lipinski definition) is 1. The Morgan fingerprint density at radius 2 is 1.87 bits per heavy atom. The Kier molecular flexibility index (Phi) is 6.24. The predicted octanol–water partition coefficient (Wildman–Crippen LogP) is 6.85. The van der Waals surface area contributed by atoms with Crippen molar-refractivity contribution in [3.05, 3.63) is 53.5 Å². The Hall–Kier alpha value is -3.68. The van der Waals surface area contributed by atoms with E-state index in [2.05, 4.69) is 14.9 Å². The van der Waals surface area contributed by atoms with Crippen LogP contribution >= 0.6 is 0 Å². The molecular formula is C31H32F2N4O2. The van der Waals surface area contributed by atoms with Crippen LogP contribution in [0.5, 0.6) is 5.75 Å². The first-order valence-corrected chi connectivity index (χ1v) is 13.8. The number of piperidine rings is 1. The predicted molar refractivity (Wildman–Crippen MR) is 148 cm³/mol. The van der Waals surface area contributed by atoms with Crippen molar-refractivity contribution in [1.82, 2.24) is 15.0 Å². The highest BCUT2D eigenvalue weighted by Crippen LogP contribution is 2.45. The fraction of sp³-hybridized carbons (Fsp3) is 0.419. The SMILES string of the molecule is CCc1c(F)ccc2cc(O)cc(-c3ncc4c(N5CCC6(CCCC6=O)CC5)nc(C(C)C)nc4c3F)c12. The number of halogens is 2. The Morgan fingerprint density at radius 3 is 2.54 bits per heavy atom. The highest BCUT2D eigenvalue weighted by molar-refractivity contribution is 6.01. The summed E-state index contributed by atoms with van der Waals surface area (Å²) >= 11 is 0. The molecule has 202 valence electrons. The minimum absolute atomic E-state index is 0.0113. The number of nitrogens with zero attached hydrogens (tertiary/aromatic N) is 4. The molecule has 0 atom stereocenters. The van der Waals surface area contributed by atoms with E-state index in [1.54, 1.807) is 18.3 Å². The molecule has 1 spiro atoms. The third kappa shape index (κ3) is 4.12. The molecule has 1 N–H and O–H groups in total. The van der Waals surface area contributed by atoms with Crippen LogP contribution in [0, 0.1) is 17.0 Å². The van der Waals surface area contributed by atoms with Crippen LogP contribution in [0.3, 0.4) is 0 Å². The van der Waals surface area contributed by atoms with E-state index >= 15 is 4.39 Å². The fourth-order valence-electron chi connectivity index (χ4n) is 6.45. The number of hydrogen-bond acceptors (Lipinski definition) is 6. The summed E-state index contributed by atoms with van der Waals surface area (Å²) < 4.78 is 31.2. The summed E-state index contributed by atoms with van der Waals surface area (Å²) in [5.41, 5.74) is 0.707. The van der Waals surface area contributed by atoms with E-state index in [1.807, 2.05) is 20.8 Å². The zero-order chi connectivity index (χ0) is 27.5. The highest BCUT2D eigenvalue weighted by Gasteiger charge is 2.44. The van der Waals surface area contributed by atoms with Gasteiger partial charge < -0.3 is 10.0 Å². The first-order chi connectivity index (χ1) is 18.7. The number of phenols is 1. The Bertz CT molecular complexity index is 1630. The molecule has 6 rings (SSSR count). The number of fused-ring (bicyclic) bond motifs is 2. The second-order valence-electron chi connectivity index (χ2n) is 11.3. The Labute approximate surface area is 226 Å². The number of rotatable bonds is 4. The normalized spacial score (nSPS) is 17.3. The van der Waals surface area contributed by atoms with E-state index in [-0.39, 0.29) is 34.1 Å². The van der Waals surface area contributed by atoms with Gasteiger partial charge in [0.25, 0.3) is 0 Å². The molecule has 0 bridgehead atoms. The zero-order valence-electron chi connectivity index (χ0n) is 22.5. The smallest absolute Gasteiger partial charge is 0.175 e. The average molecular weight is 531 g/mol. The van der Waals surface area contributed by atoms with Crippen LogP contribution in [-0.2, 0) is 11.2 Å². The van der Waals surface area contributed by atoms with Gasteiger partial charge in [-0.3, -0.25) is 9.78 Å². The van der Waals surface area contributed by atoms with Crippen LogP contribution in [0.4, 0.5) is 14.6 Å². The maximum atomic E-state index is 16.4. The van der Waals surface area contributed by atoms with Crippen molar-refractivity contribution in [2.45, 2.75) is 65.2 Å². The second kappa shape index (κ2) is 9.50. The number of aryl methyl sites for hydroxylation is 1. The van der Waals surface area contributed by atoms with E-state index in [4.69, 9.17) is 4.98 Å². The lowest BCUT2D eigenvalue weighted by Crippen LogP contribution is -2.42. The summed E-state index contributed by atoms with van der Waals surface area (Å²) in [4.78, 5) is 28.7. The minimum Gasteiger partial charge on any atom is -0.508 e. The molecule has 3 heterocycles. The van der Waals surface area contributed by atoms with Crippen molar-refractivity contribution in [2.24, 2.45) is 5.41 Å². The summed E-state index contributed by atoms with van der Waals surface area (Å²) in [5, 5.41) is 12.1. The van der Waals surface area contributed by atoms with Gasteiger partial charge in [0.05, 0.1) is 5.39 Å². The fourth-order valence-corrected chi connectivity index (χ4v) is 6.45. The van der Waals surface area contributed by atoms with Crippen LogP contribution in [-0.4, -0.2) is 38.9 Å². The van der Waals surface area contributed by atoms with E-state index in [9.17, 15) is 14.3 Å². The van der Waals surface area contributed by atoms with Crippen molar-refractivity contribution in [3.8, 4) is 17.0 Å². The van der Waals surface area contributed by atoms with Gasteiger partial charge in [0.15, 0.2) is 5.82 Å². The number of ketones is 1. The van der Waals surface area contributed by atoms with Crippen molar-refractivity contribution in [3.63, 3.8) is 0 Å². The minimum atomic E-state index is -0.629. The summed E-state index contributed by atoms with van der Waals surface area (Å²) in [6.45, 7) is 7.10. The number of benzene rings is 2. The van der Waals surface area contributed by atoms with Crippen molar-refractivity contribution < 1.29 is 18.7 Å². The van der Waals surface area contributed by atoms with Gasteiger partial charge in [0, 0.05) is 42.6 Å². The summed E-state index contributed by atoms with van der Waals surface area (Å²) in [5.74, 6) is 0.414. The topological polar surface area (TPSA) is 79.2 Å². The van der Waals surface area contributed by atoms with Crippen LogP contribution in [0.15, 0.2) is 30.5 Å². The van der Waals surface area contributed by atoms with Crippen LogP contribution in [0.25, 0.3) is 32.9 Å². The summed E-state index contributed by atoms with van der Waals surface area (Å²) in [7, 11) is 0. The van der Waals surface area contributed by atoms with Gasteiger partial charge in [-0.15, -0.1) is 0 Å². The van der Waals surface area contributed by atoms with E-state index in [1.165, 1.54) is 12.1 Å². The average Bonchev–Trinajstić information content (AvgIpc) is 3.27. The molecule has 1 saturated heterocycles. The monoisotopic (exact) mass is 530 g/mol.